The molecule has 0 saturated carbocycles. The minimum Gasteiger partial charge on any atom is -0.477 e. The van der Waals surface area contributed by atoms with Crippen molar-refractivity contribution in [3.63, 3.8) is 0 Å². The molecule has 1 saturated heterocycles. The Hall–Kier alpha value is -4.55. The Balaban J connectivity index is 1.47. The topological polar surface area (TPSA) is 226 Å². The van der Waals surface area contributed by atoms with E-state index >= 15 is 0 Å². The maximum absolute atomic E-state index is 13.2. The van der Waals surface area contributed by atoms with Gasteiger partial charge in [0.2, 0.25) is 5.91 Å². The van der Waals surface area contributed by atoms with Crippen molar-refractivity contribution in [1.82, 2.24) is 10.2 Å². The summed E-state index contributed by atoms with van der Waals surface area (Å²) in [4.78, 5) is 60.0. The van der Waals surface area contributed by atoms with E-state index in [2.05, 4.69) is 5.32 Å². The largest absolute Gasteiger partial charge is 0.477 e. The molecule has 2 N–H and O–H groups in total. The van der Waals surface area contributed by atoms with E-state index in [0.29, 0.717) is 16.0 Å². The number of carbonyl (C=O) groups is 3. The predicted octanol–water partition coefficient (Wildman–Crippen LogP) is 2.82. The number of fused-ring (bicyclic) bond motifs is 1. The summed E-state index contributed by atoms with van der Waals surface area (Å²) in [6, 6.07) is 10.4. The standard InChI is InChI=1S/C27H28N4O12S2/c1-15(43-45(2,40)41)21-22-20(13-16-3-7-18(8-4-16)30(36)37)24(23(26(33)34)29(22)25(21)32)44-12-11-28-27(35)42-14-17-5-9-19(10-6-17)31(38)39/h3-10,15,20-22H,11-14H2,1-2H3,(H,28,35)(H,33,34). The number of hydrogen-bond donors (Lipinski definition) is 2. The average molecular weight is 665 g/mol. The number of carboxylic acids is 1. The number of alkyl carbamates (subject to hydrolysis) is 1. The van der Waals surface area contributed by atoms with E-state index in [4.69, 9.17) is 8.92 Å². The number of hydrogen-bond acceptors (Lipinski definition) is 12. The van der Waals surface area contributed by atoms with Crippen molar-refractivity contribution in [2.45, 2.75) is 32.1 Å². The number of carboxylic acid groups (broad SMARTS) is 1. The van der Waals surface area contributed by atoms with Crippen molar-refractivity contribution >= 4 is 51.2 Å². The van der Waals surface area contributed by atoms with Gasteiger partial charge in [-0.15, -0.1) is 11.8 Å². The number of ether oxygens (including phenoxy) is 1. The number of benzene rings is 2. The van der Waals surface area contributed by atoms with Gasteiger partial charge in [-0.05, 0) is 36.6 Å². The van der Waals surface area contributed by atoms with Gasteiger partial charge in [-0.3, -0.25) is 29.2 Å². The van der Waals surface area contributed by atoms with E-state index in [1.807, 2.05) is 0 Å². The monoisotopic (exact) mass is 664 g/mol. The number of nitrogens with one attached hydrogen (secondary N) is 1. The third-order valence-corrected chi connectivity index (χ3v) is 9.06. The van der Waals surface area contributed by atoms with Gasteiger partial charge < -0.3 is 20.1 Å². The maximum Gasteiger partial charge on any atom is 0.407 e. The van der Waals surface area contributed by atoms with Crippen LogP contribution in [0.25, 0.3) is 0 Å². The van der Waals surface area contributed by atoms with E-state index in [-0.39, 0.29) is 42.4 Å². The van der Waals surface area contributed by atoms with Gasteiger partial charge >= 0.3 is 12.1 Å². The highest BCUT2D eigenvalue weighted by Gasteiger charge is 2.61. The summed E-state index contributed by atoms with van der Waals surface area (Å²) in [6.45, 7) is 1.32. The highest BCUT2D eigenvalue weighted by molar-refractivity contribution is 8.03. The molecular weight excluding hydrogens is 636 g/mol. The van der Waals surface area contributed by atoms with Gasteiger partial charge in [0.25, 0.3) is 21.5 Å². The van der Waals surface area contributed by atoms with E-state index < -0.39 is 61.9 Å². The molecule has 240 valence electrons. The zero-order valence-corrected chi connectivity index (χ0v) is 25.5. The molecule has 4 rings (SSSR count). The van der Waals surface area contributed by atoms with Crippen molar-refractivity contribution in [3.05, 3.63) is 90.5 Å². The highest BCUT2D eigenvalue weighted by Crippen LogP contribution is 2.52. The number of thioether (sulfide) groups is 1. The molecule has 2 heterocycles. The maximum atomic E-state index is 13.2. The summed E-state index contributed by atoms with van der Waals surface area (Å²) >= 11 is 1.10. The number of carbonyl (C=O) groups excluding carboxylic acids is 2. The molecular formula is C27H28N4O12S2. The molecule has 0 aromatic heterocycles. The number of amides is 2. The molecule has 45 heavy (non-hydrogen) atoms. The second-order valence-corrected chi connectivity index (χ2v) is 13.0. The summed E-state index contributed by atoms with van der Waals surface area (Å²) in [6.07, 6.45) is -0.835. The lowest BCUT2D eigenvalue weighted by molar-refractivity contribution is -0.385. The fourth-order valence-electron chi connectivity index (χ4n) is 5.32. The average Bonchev–Trinajstić information content (AvgIpc) is 3.23. The summed E-state index contributed by atoms with van der Waals surface area (Å²) in [7, 11) is -3.93. The summed E-state index contributed by atoms with van der Waals surface area (Å²) in [5.41, 5.74) is 0.647. The fourth-order valence-corrected chi connectivity index (χ4v) is 7.17. The Kier molecular flexibility index (Phi) is 10.1. The van der Waals surface area contributed by atoms with Gasteiger partial charge in [-0.2, -0.15) is 8.42 Å². The first kappa shape index (κ1) is 33.3. The minimum absolute atomic E-state index is 0.0417. The smallest absolute Gasteiger partial charge is 0.407 e. The van der Waals surface area contributed by atoms with Gasteiger partial charge in [0.05, 0.1) is 34.2 Å². The lowest BCUT2D eigenvalue weighted by Gasteiger charge is -2.47. The molecule has 4 atom stereocenters. The molecule has 2 amide bonds. The molecule has 4 unspecified atom stereocenters. The summed E-state index contributed by atoms with van der Waals surface area (Å²) in [5.74, 6) is -3.39. The molecule has 18 heteroatoms. The fraction of sp³-hybridized carbons (Fsp3) is 0.370. The normalized spacial score (nSPS) is 19.8. The number of aliphatic carboxylic acids is 1. The number of non-ortho nitro benzene ring substituents is 2. The van der Waals surface area contributed by atoms with Crippen molar-refractivity contribution in [3.8, 4) is 0 Å². The Labute approximate surface area is 260 Å². The molecule has 16 nitrogen and oxygen atoms in total. The van der Waals surface area contributed by atoms with Gasteiger partial charge in [-0.1, -0.05) is 12.1 Å². The Morgan fingerprint density at radius 2 is 1.60 bits per heavy atom. The van der Waals surface area contributed by atoms with Gasteiger partial charge in [0, 0.05) is 47.4 Å². The Morgan fingerprint density at radius 1 is 1.04 bits per heavy atom. The minimum atomic E-state index is -3.93. The van der Waals surface area contributed by atoms with Gasteiger partial charge in [0.15, 0.2) is 0 Å². The number of β-lactam (4-membered cyclic amide) rings is 1. The lowest BCUT2D eigenvalue weighted by atomic mass is 9.76. The number of nitro benzene ring substituents is 2. The molecule has 0 radical (unpaired) electrons. The number of nitro groups is 2. The summed E-state index contributed by atoms with van der Waals surface area (Å²) < 4.78 is 33.8. The van der Waals surface area contributed by atoms with E-state index in [0.717, 1.165) is 22.9 Å². The predicted molar refractivity (Wildman–Crippen MR) is 158 cm³/mol. The summed E-state index contributed by atoms with van der Waals surface area (Å²) in [5, 5.41) is 34.5. The van der Waals surface area contributed by atoms with Crippen LogP contribution in [0.3, 0.4) is 0 Å². The van der Waals surface area contributed by atoms with E-state index in [9.17, 15) is 48.1 Å². The van der Waals surface area contributed by atoms with Gasteiger partial charge in [-0.25, -0.2) is 9.59 Å². The first-order valence-electron chi connectivity index (χ1n) is 13.4. The molecule has 2 aromatic carbocycles. The molecule has 0 bridgehead atoms. The highest BCUT2D eigenvalue weighted by atomic mass is 32.2. The van der Waals surface area contributed by atoms with Gasteiger partial charge in [0.1, 0.15) is 12.3 Å². The van der Waals surface area contributed by atoms with Crippen LogP contribution in [0.1, 0.15) is 18.1 Å². The van der Waals surface area contributed by atoms with E-state index in [1.54, 1.807) is 0 Å². The zero-order chi connectivity index (χ0) is 33.1. The van der Waals surface area contributed by atoms with Crippen molar-refractivity contribution in [2.24, 2.45) is 11.8 Å². The third kappa shape index (κ3) is 7.76. The van der Waals surface area contributed by atoms with Crippen LogP contribution in [-0.4, -0.2) is 76.9 Å². The number of rotatable bonds is 14. The van der Waals surface area contributed by atoms with Crippen molar-refractivity contribution < 1.29 is 46.7 Å². The first-order chi connectivity index (χ1) is 21.2. The molecule has 0 aliphatic carbocycles. The molecule has 2 aromatic rings. The van der Waals surface area contributed by atoms with Crippen molar-refractivity contribution in [1.29, 1.82) is 0 Å². The third-order valence-electron chi connectivity index (χ3n) is 7.20. The van der Waals surface area contributed by atoms with Crippen LogP contribution in [0, 0.1) is 32.1 Å². The zero-order valence-electron chi connectivity index (χ0n) is 23.9. The van der Waals surface area contributed by atoms with Crippen LogP contribution in [0.2, 0.25) is 0 Å². The van der Waals surface area contributed by atoms with Crippen LogP contribution >= 0.6 is 11.8 Å². The number of nitrogens with zero attached hydrogens (tertiary/aromatic N) is 3. The Bertz CT molecular complexity index is 1640. The second-order valence-electron chi connectivity index (χ2n) is 10.3. The van der Waals surface area contributed by atoms with Crippen LogP contribution in [-0.2, 0) is 41.7 Å². The molecule has 0 spiro atoms. The second kappa shape index (κ2) is 13.6. The van der Waals surface area contributed by atoms with Crippen LogP contribution < -0.4 is 5.32 Å². The first-order valence-corrected chi connectivity index (χ1v) is 16.2. The quantitative estimate of drug-likeness (QED) is 0.0975. The van der Waals surface area contributed by atoms with E-state index in [1.165, 1.54) is 55.5 Å². The molecule has 2 aliphatic rings. The van der Waals surface area contributed by atoms with Crippen LogP contribution in [0.5, 0.6) is 0 Å². The van der Waals surface area contributed by atoms with Crippen molar-refractivity contribution in [2.75, 3.05) is 18.6 Å². The molecule has 1 fully saturated rings. The van der Waals surface area contributed by atoms with Crippen LogP contribution in [0.15, 0.2) is 59.1 Å². The molecule has 2 aliphatic heterocycles. The SMILES string of the molecule is CC(OS(C)(=O)=O)C1C(=O)N2C(C(=O)O)=C(SCCNC(=O)OCc3ccc([N+](=O)[O-])cc3)C(Cc3ccc([N+](=O)[O-])cc3)C12. The van der Waals surface area contributed by atoms with Crippen LogP contribution in [0.4, 0.5) is 16.2 Å². The lowest BCUT2D eigenvalue weighted by Crippen LogP contribution is -2.64. The Morgan fingerprint density at radius 3 is 2.11 bits per heavy atom.